The Labute approximate surface area is 108 Å². The van der Waals surface area contributed by atoms with Gasteiger partial charge in [0.1, 0.15) is 5.75 Å². The molecule has 3 nitrogen and oxygen atoms in total. The number of benzene rings is 1. The lowest BCUT2D eigenvalue weighted by Crippen LogP contribution is -2.25. The van der Waals surface area contributed by atoms with Crippen LogP contribution in [-0.4, -0.2) is 26.9 Å². The Hall–Kier alpha value is -1.06. The number of nitrogens with one attached hydrogen (secondary N) is 1. The van der Waals surface area contributed by atoms with Gasteiger partial charge in [0.25, 0.3) is 0 Å². The average Bonchev–Trinajstić information content (AvgIpc) is 2.93. The summed E-state index contributed by atoms with van der Waals surface area (Å²) in [6.45, 7) is 2.63. The van der Waals surface area contributed by atoms with Crippen molar-refractivity contribution < 1.29 is 9.47 Å². The quantitative estimate of drug-likeness (QED) is 0.889. The summed E-state index contributed by atoms with van der Waals surface area (Å²) in [6.07, 6.45) is 3.42. The lowest BCUT2D eigenvalue weighted by atomic mass is 9.90. The van der Waals surface area contributed by atoms with Crippen LogP contribution in [0.5, 0.6) is 5.75 Å². The van der Waals surface area contributed by atoms with Crippen LogP contribution in [-0.2, 0) is 11.2 Å². The molecule has 18 heavy (non-hydrogen) atoms. The lowest BCUT2D eigenvalue weighted by molar-refractivity contribution is 0.177. The van der Waals surface area contributed by atoms with E-state index >= 15 is 0 Å². The third kappa shape index (κ3) is 2.25. The molecule has 1 fully saturated rings. The van der Waals surface area contributed by atoms with E-state index in [1.165, 1.54) is 11.1 Å². The van der Waals surface area contributed by atoms with Gasteiger partial charge < -0.3 is 14.8 Å². The first-order chi connectivity index (χ1) is 8.88. The molecule has 0 spiro atoms. The van der Waals surface area contributed by atoms with Crippen molar-refractivity contribution in [1.82, 2.24) is 5.32 Å². The maximum atomic E-state index is 5.67. The molecule has 1 saturated heterocycles. The van der Waals surface area contributed by atoms with E-state index < -0.39 is 0 Å². The van der Waals surface area contributed by atoms with E-state index in [1.807, 2.05) is 7.05 Å². The fourth-order valence-corrected chi connectivity index (χ4v) is 3.06. The van der Waals surface area contributed by atoms with Gasteiger partial charge in [-0.05, 0) is 43.5 Å². The Kier molecular flexibility index (Phi) is 3.52. The molecule has 98 valence electrons. The smallest absolute Gasteiger partial charge is 0.122 e. The number of hydrogen-bond donors (Lipinski definition) is 1. The number of aryl methyl sites for hydroxylation is 1. The van der Waals surface area contributed by atoms with Crippen LogP contribution in [0.3, 0.4) is 0 Å². The Morgan fingerprint density at radius 3 is 3.06 bits per heavy atom. The topological polar surface area (TPSA) is 30.5 Å². The van der Waals surface area contributed by atoms with Crippen molar-refractivity contribution in [3.8, 4) is 5.75 Å². The first kappa shape index (κ1) is 12.0. The number of fused-ring (bicyclic) bond motifs is 1. The van der Waals surface area contributed by atoms with Gasteiger partial charge in [0.15, 0.2) is 0 Å². The summed E-state index contributed by atoms with van der Waals surface area (Å²) in [7, 11) is 2.04. The molecule has 0 radical (unpaired) electrons. The normalized spacial score (nSPS) is 24.4. The van der Waals surface area contributed by atoms with Crippen LogP contribution in [0.2, 0.25) is 0 Å². The fraction of sp³-hybridized carbons (Fsp3) is 0.600. The highest BCUT2D eigenvalue weighted by atomic mass is 16.5. The van der Waals surface area contributed by atoms with E-state index in [2.05, 4.69) is 23.5 Å². The van der Waals surface area contributed by atoms with Crippen LogP contribution < -0.4 is 10.1 Å². The largest absolute Gasteiger partial charge is 0.493 e. The molecule has 1 aromatic carbocycles. The minimum absolute atomic E-state index is 0.403. The molecular formula is C15H21NO2. The highest BCUT2D eigenvalue weighted by Crippen LogP contribution is 2.32. The summed E-state index contributed by atoms with van der Waals surface area (Å²) in [5.74, 6) is 1.67. The molecule has 2 heterocycles. The molecule has 3 rings (SSSR count). The predicted octanol–water partition coefficient (Wildman–Crippen LogP) is 2.31. The second-order valence-corrected chi connectivity index (χ2v) is 5.21. The maximum Gasteiger partial charge on any atom is 0.122 e. The van der Waals surface area contributed by atoms with Crippen LogP contribution in [0.15, 0.2) is 18.2 Å². The van der Waals surface area contributed by atoms with E-state index in [9.17, 15) is 0 Å². The molecule has 0 saturated carbocycles. The molecule has 2 aliphatic heterocycles. The molecule has 1 N–H and O–H groups in total. The molecule has 2 unspecified atom stereocenters. The highest BCUT2D eigenvalue weighted by Gasteiger charge is 2.26. The third-order valence-corrected chi connectivity index (χ3v) is 4.04. The van der Waals surface area contributed by atoms with E-state index in [0.717, 1.165) is 44.8 Å². The van der Waals surface area contributed by atoms with Gasteiger partial charge in [-0.2, -0.15) is 0 Å². The molecule has 1 aromatic rings. The van der Waals surface area contributed by atoms with Crippen molar-refractivity contribution in [3.63, 3.8) is 0 Å². The molecule has 2 aliphatic rings. The van der Waals surface area contributed by atoms with E-state index in [4.69, 9.17) is 9.47 Å². The molecule has 2 atom stereocenters. The van der Waals surface area contributed by atoms with E-state index in [-0.39, 0.29) is 0 Å². The molecule has 0 bridgehead atoms. The first-order valence-corrected chi connectivity index (χ1v) is 6.89. The van der Waals surface area contributed by atoms with Gasteiger partial charge in [-0.3, -0.25) is 0 Å². The fourth-order valence-electron chi connectivity index (χ4n) is 3.06. The SMILES string of the molecule is CNC(c1ccc2c(c1)CCCO2)C1CCOC1. The summed E-state index contributed by atoms with van der Waals surface area (Å²) >= 11 is 0. The van der Waals surface area contributed by atoms with Crippen molar-refractivity contribution >= 4 is 0 Å². The number of hydrogen-bond acceptors (Lipinski definition) is 3. The first-order valence-electron chi connectivity index (χ1n) is 6.89. The van der Waals surface area contributed by atoms with E-state index in [0.29, 0.717) is 12.0 Å². The van der Waals surface area contributed by atoms with Crippen LogP contribution in [0.25, 0.3) is 0 Å². The lowest BCUT2D eigenvalue weighted by Gasteiger charge is -2.25. The highest BCUT2D eigenvalue weighted by molar-refractivity contribution is 5.39. The van der Waals surface area contributed by atoms with Crippen molar-refractivity contribution in [1.29, 1.82) is 0 Å². The maximum absolute atomic E-state index is 5.67. The average molecular weight is 247 g/mol. The standard InChI is InChI=1S/C15H21NO2/c1-16-15(13-6-8-17-10-13)12-4-5-14-11(9-12)3-2-7-18-14/h4-5,9,13,15-16H,2-3,6-8,10H2,1H3. The summed E-state index contributed by atoms with van der Waals surface area (Å²) in [4.78, 5) is 0. The Bertz CT molecular complexity index is 413. The van der Waals surface area contributed by atoms with Gasteiger partial charge in [0.05, 0.1) is 13.2 Å². The zero-order valence-electron chi connectivity index (χ0n) is 10.9. The van der Waals surface area contributed by atoms with Crippen molar-refractivity contribution in [2.45, 2.75) is 25.3 Å². The Morgan fingerprint density at radius 2 is 2.28 bits per heavy atom. The van der Waals surface area contributed by atoms with Crippen LogP contribution >= 0.6 is 0 Å². The molecule has 0 aliphatic carbocycles. The van der Waals surface area contributed by atoms with Gasteiger partial charge in [0, 0.05) is 18.6 Å². The predicted molar refractivity (Wildman–Crippen MR) is 71.0 cm³/mol. The molecular weight excluding hydrogens is 226 g/mol. The Balaban J connectivity index is 1.85. The van der Waals surface area contributed by atoms with Crippen molar-refractivity contribution in [2.75, 3.05) is 26.9 Å². The van der Waals surface area contributed by atoms with Crippen molar-refractivity contribution in [3.05, 3.63) is 29.3 Å². The molecule has 0 aromatic heterocycles. The van der Waals surface area contributed by atoms with Crippen LogP contribution in [0.4, 0.5) is 0 Å². The zero-order chi connectivity index (χ0) is 12.4. The second-order valence-electron chi connectivity index (χ2n) is 5.21. The molecule has 0 amide bonds. The number of ether oxygens (including phenoxy) is 2. The van der Waals surface area contributed by atoms with Gasteiger partial charge in [-0.1, -0.05) is 12.1 Å². The third-order valence-electron chi connectivity index (χ3n) is 4.04. The van der Waals surface area contributed by atoms with Gasteiger partial charge >= 0.3 is 0 Å². The summed E-state index contributed by atoms with van der Waals surface area (Å²) < 4.78 is 11.2. The van der Waals surface area contributed by atoms with E-state index in [1.54, 1.807) is 0 Å². The summed E-state index contributed by atoms with van der Waals surface area (Å²) in [5, 5.41) is 3.45. The molecule has 3 heteroatoms. The Morgan fingerprint density at radius 1 is 1.33 bits per heavy atom. The monoisotopic (exact) mass is 247 g/mol. The van der Waals surface area contributed by atoms with Gasteiger partial charge in [-0.15, -0.1) is 0 Å². The second kappa shape index (κ2) is 5.29. The van der Waals surface area contributed by atoms with Gasteiger partial charge in [-0.25, -0.2) is 0 Å². The summed E-state index contributed by atoms with van der Waals surface area (Å²) in [6, 6.07) is 7.04. The zero-order valence-corrected chi connectivity index (χ0v) is 10.9. The van der Waals surface area contributed by atoms with Crippen LogP contribution in [0, 0.1) is 5.92 Å². The minimum Gasteiger partial charge on any atom is -0.493 e. The van der Waals surface area contributed by atoms with Crippen molar-refractivity contribution in [2.24, 2.45) is 5.92 Å². The van der Waals surface area contributed by atoms with Gasteiger partial charge in [0.2, 0.25) is 0 Å². The van der Waals surface area contributed by atoms with Crippen LogP contribution in [0.1, 0.15) is 30.0 Å². The number of rotatable bonds is 3. The minimum atomic E-state index is 0.403. The summed E-state index contributed by atoms with van der Waals surface area (Å²) in [5.41, 5.74) is 2.73.